The maximum Gasteiger partial charge on any atom is 0.165 e. The Labute approximate surface area is 303 Å². The fourth-order valence-electron chi connectivity index (χ4n) is 6.68. The Balaban J connectivity index is 1.12. The van der Waals surface area contributed by atoms with Gasteiger partial charge in [-0.05, 0) is 78.9 Å². The Morgan fingerprint density at radius 3 is 1.55 bits per heavy atom. The van der Waals surface area contributed by atoms with Crippen LogP contribution >= 0.6 is 0 Å². The third-order valence-electron chi connectivity index (χ3n) is 9.24. The van der Waals surface area contributed by atoms with Crippen LogP contribution in [-0.4, -0.2) is 44.3 Å². The lowest BCUT2D eigenvalue weighted by atomic mass is 10.1. The molecular weight excluding hydrogens is 655 g/mol. The summed E-state index contributed by atoms with van der Waals surface area (Å²) < 4.78 is 2.29. The fourth-order valence-corrected chi connectivity index (χ4v) is 6.68. The van der Waals surface area contributed by atoms with Gasteiger partial charge in [0.2, 0.25) is 0 Å². The van der Waals surface area contributed by atoms with Gasteiger partial charge < -0.3 is 4.40 Å². The molecule has 7 aromatic heterocycles. The molecule has 0 N–H and O–H groups in total. The average molecular weight is 682 g/mol. The number of rotatable bonds is 6. The second-order valence-corrected chi connectivity index (χ2v) is 12.6. The fraction of sp³-hybridized carbons (Fsp3) is 0. The molecule has 7 heterocycles. The van der Waals surface area contributed by atoms with Gasteiger partial charge in [-0.25, -0.2) is 19.9 Å². The molecule has 9 nitrogen and oxygen atoms in total. The third kappa shape index (κ3) is 5.53. The predicted molar refractivity (Wildman–Crippen MR) is 207 cm³/mol. The van der Waals surface area contributed by atoms with Crippen molar-refractivity contribution in [2.24, 2.45) is 0 Å². The summed E-state index contributed by atoms with van der Waals surface area (Å²) in [7, 11) is 0. The van der Waals surface area contributed by atoms with Crippen molar-refractivity contribution in [1.29, 1.82) is 0 Å². The van der Waals surface area contributed by atoms with Crippen LogP contribution in [0.5, 0.6) is 0 Å². The van der Waals surface area contributed by atoms with Crippen LogP contribution in [0.25, 0.3) is 95.6 Å². The average Bonchev–Trinajstić information content (AvgIpc) is 3.64. The molecule has 0 bridgehead atoms. The standard InChI is InChI=1S/C44H27N9/c1-3-16-38-28(10-1)25-40-41(49-37-15-2-4-17-39(37)53(38)40)29-11-9-12-30(24-29)42-50-43(31-18-20-35(47-26-31)33-13-5-7-22-45-33)52-44(51-42)32-19-21-36(48-27-32)34-14-6-8-23-46-34/h1-27H. The van der Waals surface area contributed by atoms with Crippen molar-refractivity contribution in [2.75, 3.05) is 0 Å². The first-order chi connectivity index (χ1) is 26.2. The van der Waals surface area contributed by atoms with Gasteiger partial charge in [0.1, 0.15) is 0 Å². The van der Waals surface area contributed by atoms with Crippen molar-refractivity contribution >= 4 is 27.5 Å². The third-order valence-corrected chi connectivity index (χ3v) is 9.24. The van der Waals surface area contributed by atoms with Crippen LogP contribution < -0.4 is 0 Å². The molecule has 0 saturated carbocycles. The number of nitrogens with zero attached hydrogens (tertiary/aromatic N) is 9. The van der Waals surface area contributed by atoms with Crippen molar-refractivity contribution in [3.8, 4) is 68.2 Å². The normalized spacial score (nSPS) is 11.4. The first-order valence-electron chi connectivity index (χ1n) is 17.2. The van der Waals surface area contributed by atoms with Crippen LogP contribution in [0, 0.1) is 0 Å². The maximum atomic E-state index is 5.20. The molecule has 0 amide bonds. The molecule has 0 atom stereocenters. The molecular formula is C44H27N9. The monoisotopic (exact) mass is 681 g/mol. The van der Waals surface area contributed by atoms with E-state index in [1.54, 1.807) is 24.8 Å². The van der Waals surface area contributed by atoms with Crippen LogP contribution in [-0.2, 0) is 0 Å². The van der Waals surface area contributed by atoms with E-state index in [1.165, 1.54) is 0 Å². The van der Waals surface area contributed by atoms with E-state index >= 15 is 0 Å². The molecule has 53 heavy (non-hydrogen) atoms. The summed E-state index contributed by atoms with van der Waals surface area (Å²) in [5.41, 5.74) is 11.4. The molecule has 0 radical (unpaired) electrons. The highest BCUT2D eigenvalue weighted by Gasteiger charge is 2.17. The minimum absolute atomic E-state index is 0.494. The summed E-state index contributed by atoms with van der Waals surface area (Å²) in [4.78, 5) is 38.5. The summed E-state index contributed by atoms with van der Waals surface area (Å²) in [6, 6.07) is 46.4. The van der Waals surface area contributed by atoms with Crippen molar-refractivity contribution < 1.29 is 0 Å². The van der Waals surface area contributed by atoms with Gasteiger partial charge in [0.25, 0.3) is 0 Å². The summed E-state index contributed by atoms with van der Waals surface area (Å²) >= 11 is 0. The van der Waals surface area contributed by atoms with Crippen molar-refractivity contribution in [3.63, 3.8) is 0 Å². The SMILES string of the molecule is c1ccc(-c2ccc(-c3nc(-c4ccc(-c5ccccn5)nc4)nc(-c4cccc(-c5nc6ccccc6n6c5cc5ccccc56)c4)n3)cn2)nc1. The van der Waals surface area contributed by atoms with Gasteiger partial charge in [-0.3, -0.25) is 19.9 Å². The molecule has 9 heteroatoms. The van der Waals surface area contributed by atoms with Crippen molar-refractivity contribution in [2.45, 2.75) is 0 Å². The molecule has 0 spiro atoms. The molecule has 0 unspecified atom stereocenters. The molecule has 0 aliphatic heterocycles. The first kappa shape index (κ1) is 30.3. The van der Waals surface area contributed by atoms with E-state index in [0.717, 1.165) is 78.2 Å². The number of fused-ring (bicyclic) bond motifs is 5. The highest BCUT2D eigenvalue weighted by molar-refractivity contribution is 5.98. The van der Waals surface area contributed by atoms with Crippen molar-refractivity contribution in [1.82, 2.24) is 44.3 Å². The van der Waals surface area contributed by atoms with E-state index < -0.39 is 0 Å². The zero-order chi connectivity index (χ0) is 35.1. The van der Waals surface area contributed by atoms with Gasteiger partial charge in [-0.2, -0.15) is 0 Å². The summed E-state index contributed by atoms with van der Waals surface area (Å²) in [6.07, 6.45) is 7.07. The molecule has 0 fully saturated rings. The van der Waals surface area contributed by atoms with E-state index in [0.29, 0.717) is 17.5 Å². The van der Waals surface area contributed by atoms with Gasteiger partial charge >= 0.3 is 0 Å². The van der Waals surface area contributed by atoms with E-state index in [1.807, 2.05) is 78.9 Å². The predicted octanol–water partition coefficient (Wildman–Crippen LogP) is 9.41. The molecule has 0 aliphatic carbocycles. The number of aromatic nitrogens is 9. The first-order valence-corrected chi connectivity index (χ1v) is 17.2. The van der Waals surface area contributed by atoms with Crippen molar-refractivity contribution in [3.05, 3.63) is 164 Å². The van der Waals surface area contributed by atoms with E-state index in [-0.39, 0.29) is 0 Å². The van der Waals surface area contributed by atoms with Crippen LogP contribution in [0.1, 0.15) is 0 Å². The minimum atomic E-state index is 0.494. The van der Waals surface area contributed by atoms with Gasteiger partial charge in [0.15, 0.2) is 17.5 Å². The second-order valence-electron chi connectivity index (χ2n) is 12.6. The molecule has 10 aromatic rings. The smallest absolute Gasteiger partial charge is 0.165 e. The topological polar surface area (TPSA) is 108 Å². The number of benzene rings is 3. The zero-order valence-corrected chi connectivity index (χ0v) is 28.1. The van der Waals surface area contributed by atoms with E-state index in [9.17, 15) is 0 Å². The molecule has 3 aromatic carbocycles. The Bertz CT molecular complexity index is 2820. The Hall–Kier alpha value is -7.52. The Morgan fingerprint density at radius 2 is 0.925 bits per heavy atom. The van der Waals surface area contributed by atoms with E-state index in [4.69, 9.17) is 29.9 Å². The Morgan fingerprint density at radius 1 is 0.358 bits per heavy atom. The van der Waals surface area contributed by atoms with Crippen LogP contribution in [0.15, 0.2) is 164 Å². The number of pyridine rings is 4. The summed E-state index contributed by atoms with van der Waals surface area (Å²) in [6.45, 7) is 0. The summed E-state index contributed by atoms with van der Waals surface area (Å²) in [5.74, 6) is 1.51. The Kier molecular flexibility index (Phi) is 7.25. The zero-order valence-electron chi connectivity index (χ0n) is 28.1. The van der Waals surface area contributed by atoms with Gasteiger partial charge in [0.05, 0.1) is 50.5 Å². The van der Waals surface area contributed by atoms with Gasteiger partial charge in [-0.1, -0.05) is 60.7 Å². The lowest BCUT2D eigenvalue weighted by molar-refractivity contribution is 1.07. The van der Waals surface area contributed by atoms with Crippen LogP contribution in [0.4, 0.5) is 0 Å². The van der Waals surface area contributed by atoms with Crippen LogP contribution in [0.2, 0.25) is 0 Å². The quantitative estimate of drug-likeness (QED) is 0.171. The number of hydrogen-bond acceptors (Lipinski definition) is 8. The highest BCUT2D eigenvalue weighted by Crippen LogP contribution is 2.34. The molecule has 0 aliphatic rings. The summed E-state index contributed by atoms with van der Waals surface area (Å²) in [5, 5.41) is 1.15. The molecule has 0 saturated heterocycles. The second kappa shape index (κ2) is 12.7. The molecule has 248 valence electrons. The number of para-hydroxylation sites is 3. The maximum absolute atomic E-state index is 5.20. The highest BCUT2D eigenvalue weighted by atomic mass is 15.0. The largest absolute Gasteiger partial charge is 0.306 e. The van der Waals surface area contributed by atoms with E-state index in [2.05, 4.69) is 75.0 Å². The van der Waals surface area contributed by atoms with Gasteiger partial charge in [0, 0.05) is 52.4 Å². The lowest BCUT2D eigenvalue weighted by Crippen LogP contribution is -2.01. The number of hydrogen-bond donors (Lipinski definition) is 0. The molecule has 10 rings (SSSR count). The minimum Gasteiger partial charge on any atom is -0.306 e. The lowest BCUT2D eigenvalue weighted by Gasteiger charge is -2.12. The van der Waals surface area contributed by atoms with Gasteiger partial charge in [-0.15, -0.1) is 0 Å². The van der Waals surface area contributed by atoms with Crippen LogP contribution in [0.3, 0.4) is 0 Å².